The standard InChI is InChI=1S/C16H19NS/c1-12-9-15(11-18-12)17-10-14-7-4-6-13-5-2-3-8-16(13)14/h2-8,12,15,17H,9-11H2,1H3. The molecule has 3 rings (SSSR count). The molecule has 1 heterocycles. The number of thioether (sulfide) groups is 1. The van der Waals surface area contributed by atoms with E-state index in [0.29, 0.717) is 6.04 Å². The van der Waals surface area contributed by atoms with E-state index < -0.39 is 0 Å². The molecule has 2 aromatic carbocycles. The quantitative estimate of drug-likeness (QED) is 0.897. The summed E-state index contributed by atoms with van der Waals surface area (Å²) in [4.78, 5) is 0. The molecule has 1 N–H and O–H groups in total. The third-order valence-electron chi connectivity index (χ3n) is 3.66. The van der Waals surface area contributed by atoms with Crippen LogP contribution in [0.4, 0.5) is 0 Å². The molecule has 0 amide bonds. The minimum absolute atomic E-state index is 0.684. The second-order valence-corrected chi connectivity index (χ2v) is 6.57. The molecule has 1 aliphatic heterocycles. The van der Waals surface area contributed by atoms with Crippen LogP contribution in [0.2, 0.25) is 0 Å². The van der Waals surface area contributed by atoms with E-state index in [2.05, 4.69) is 66.5 Å². The highest BCUT2D eigenvalue weighted by molar-refractivity contribution is 8.00. The van der Waals surface area contributed by atoms with Gasteiger partial charge < -0.3 is 5.32 Å². The van der Waals surface area contributed by atoms with Crippen LogP contribution < -0.4 is 5.32 Å². The van der Waals surface area contributed by atoms with Crippen molar-refractivity contribution < 1.29 is 0 Å². The average Bonchev–Trinajstić information content (AvgIpc) is 2.82. The zero-order valence-electron chi connectivity index (χ0n) is 10.7. The Balaban J connectivity index is 1.74. The minimum Gasteiger partial charge on any atom is -0.309 e. The van der Waals surface area contributed by atoms with Crippen LogP contribution in [0.3, 0.4) is 0 Å². The molecule has 1 saturated heterocycles. The molecule has 0 radical (unpaired) electrons. The maximum Gasteiger partial charge on any atom is 0.0214 e. The number of fused-ring (bicyclic) bond motifs is 1. The molecular formula is C16H19NS. The van der Waals surface area contributed by atoms with E-state index in [1.807, 2.05) is 0 Å². The lowest BCUT2D eigenvalue weighted by molar-refractivity contribution is 0.540. The highest BCUT2D eigenvalue weighted by atomic mass is 32.2. The summed E-state index contributed by atoms with van der Waals surface area (Å²) in [5.41, 5.74) is 1.41. The van der Waals surface area contributed by atoms with Gasteiger partial charge in [-0.2, -0.15) is 11.8 Å². The van der Waals surface area contributed by atoms with E-state index in [-0.39, 0.29) is 0 Å². The molecule has 0 aromatic heterocycles. The fourth-order valence-electron chi connectivity index (χ4n) is 2.66. The Morgan fingerprint density at radius 2 is 2.00 bits per heavy atom. The van der Waals surface area contributed by atoms with E-state index in [0.717, 1.165) is 11.8 Å². The number of benzene rings is 2. The van der Waals surface area contributed by atoms with Crippen molar-refractivity contribution >= 4 is 22.5 Å². The molecule has 2 unspecified atom stereocenters. The summed E-state index contributed by atoms with van der Waals surface area (Å²) in [6.07, 6.45) is 1.30. The highest BCUT2D eigenvalue weighted by Gasteiger charge is 2.21. The highest BCUT2D eigenvalue weighted by Crippen LogP contribution is 2.26. The molecule has 1 nitrogen and oxygen atoms in total. The van der Waals surface area contributed by atoms with Crippen molar-refractivity contribution in [1.82, 2.24) is 5.32 Å². The van der Waals surface area contributed by atoms with E-state index in [9.17, 15) is 0 Å². The molecule has 0 saturated carbocycles. The van der Waals surface area contributed by atoms with Gasteiger partial charge in [-0.25, -0.2) is 0 Å². The second-order valence-electron chi connectivity index (χ2n) is 5.10. The lowest BCUT2D eigenvalue weighted by Gasteiger charge is -2.13. The Kier molecular flexibility index (Phi) is 3.57. The summed E-state index contributed by atoms with van der Waals surface area (Å²) in [5.74, 6) is 1.26. The third kappa shape index (κ3) is 2.55. The van der Waals surface area contributed by atoms with E-state index >= 15 is 0 Å². The van der Waals surface area contributed by atoms with Crippen molar-refractivity contribution in [2.24, 2.45) is 0 Å². The number of hydrogen-bond acceptors (Lipinski definition) is 2. The van der Waals surface area contributed by atoms with Gasteiger partial charge in [0.05, 0.1) is 0 Å². The third-order valence-corrected chi connectivity index (χ3v) is 5.02. The average molecular weight is 257 g/mol. The van der Waals surface area contributed by atoms with Crippen LogP contribution in [-0.2, 0) is 6.54 Å². The van der Waals surface area contributed by atoms with Crippen LogP contribution in [0, 0.1) is 0 Å². The largest absolute Gasteiger partial charge is 0.309 e. The normalized spacial score (nSPS) is 23.6. The van der Waals surface area contributed by atoms with E-state index in [4.69, 9.17) is 0 Å². The van der Waals surface area contributed by atoms with Gasteiger partial charge in [-0.3, -0.25) is 0 Å². The molecule has 18 heavy (non-hydrogen) atoms. The van der Waals surface area contributed by atoms with Crippen LogP contribution in [0.15, 0.2) is 42.5 Å². The van der Waals surface area contributed by atoms with Gasteiger partial charge in [0, 0.05) is 23.6 Å². The minimum atomic E-state index is 0.684. The van der Waals surface area contributed by atoms with Crippen molar-refractivity contribution in [2.75, 3.05) is 5.75 Å². The molecule has 2 aromatic rings. The molecular weight excluding hydrogens is 238 g/mol. The number of hydrogen-bond donors (Lipinski definition) is 1. The Morgan fingerprint density at radius 1 is 1.17 bits per heavy atom. The predicted octanol–water partition coefficient (Wildman–Crippen LogP) is 3.82. The zero-order chi connectivity index (χ0) is 12.4. The molecule has 94 valence electrons. The van der Waals surface area contributed by atoms with Gasteiger partial charge in [0.15, 0.2) is 0 Å². The molecule has 0 spiro atoms. The van der Waals surface area contributed by atoms with Gasteiger partial charge in [-0.05, 0) is 22.8 Å². The van der Waals surface area contributed by atoms with Gasteiger partial charge in [0.2, 0.25) is 0 Å². The van der Waals surface area contributed by atoms with Gasteiger partial charge in [-0.1, -0.05) is 49.4 Å². The second kappa shape index (κ2) is 5.33. The molecule has 0 bridgehead atoms. The van der Waals surface area contributed by atoms with Crippen LogP contribution in [-0.4, -0.2) is 17.0 Å². The van der Waals surface area contributed by atoms with Gasteiger partial charge in [-0.15, -0.1) is 0 Å². The van der Waals surface area contributed by atoms with Crippen molar-refractivity contribution in [3.8, 4) is 0 Å². The topological polar surface area (TPSA) is 12.0 Å². The number of nitrogens with one attached hydrogen (secondary N) is 1. The molecule has 1 fully saturated rings. The van der Waals surface area contributed by atoms with Crippen LogP contribution in [0.25, 0.3) is 10.8 Å². The molecule has 2 atom stereocenters. The van der Waals surface area contributed by atoms with Crippen molar-refractivity contribution in [3.63, 3.8) is 0 Å². The van der Waals surface area contributed by atoms with Gasteiger partial charge >= 0.3 is 0 Å². The fourth-order valence-corrected chi connectivity index (χ4v) is 3.84. The van der Waals surface area contributed by atoms with Crippen LogP contribution >= 0.6 is 11.8 Å². The molecule has 2 heteroatoms. The maximum absolute atomic E-state index is 3.70. The van der Waals surface area contributed by atoms with E-state index in [1.165, 1.54) is 28.5 Å². The van der Waals surface area contributed by atoms with Gasteiger partial charge in [0.25, 0.3) is 0 Å². The van der Waals surface area contributed by atoms with Crippen molar-refractivity contribution in [1.29, 1.82) is 0 Å². The summed E-state index contributed by atoms with van der Waals surface area (Å²) in [6.45, 7) is 3.31. The lowest BCUT2D eigenvalue weighted by Crippen LogP contribution is -2.28. The van der Waals surface area contributed by atoms with Gasteiger partial charge in [0.1, 0.15) is 0 Å². The predicted molar refractivity (Wildman–Crippen MR) is 81.1 cm³/mol. The maximum atomic E-state index is 3.70. The molecule has 0 aliphatic carbocycles. The Bertz CT molecular complexity index is 532. The number of rotatable bonds is 3. The van der Waals surface area contributed by atoms with E-state index in [1.54, 1.807) is 0 Å². The Hall–Kier alpha value is -0.990. The zero-order valence-corrected chi connectivity index (χ0v) is 11.5. The SMILES string of the molecule is CC1CC(NCc2cccc3ccccc23)CS1. The lowest BCUT2D eigenvalue weighted by atomic mass is 10.0. The summed E-state index contributed by atoms with van der Waals surface area (Å²) in [5, 5.41) is 7.23. The Labute approximate surface area is 113 Å². The first-order valence-electron chi connectivity index (χ1n) is 6.64. The first kappa shape index (κ1) is 12.1. The summed E-state index contributed by atoms with van der Waals surface area (Å²) in [6, 6.07) is 15.9. The van der Waals surface area contributed by atoms with Crippen LogP contribution in [0.5, 0.6) is 0 Å². The fraction of sp³-hybridized carbons (Fsp3) is 0.375. The summed E-state index contributed by atoms with van der Waals surface area (Å²) < 4.78 is 0. The first-order valence-corrected chi connectivity index (χ1v) is 7.69. The summed E-state index contributed by atoms with van der Waals surface area (Å²) >= 11 is 2.08. The smallest absolute Gasteiger partial charge is 0.0214 e. The summed E-state index contributed by atoms with van der Waals surface area (Å²) in [7, 11) is 0. The van der Waals surface area contributed by atoms with Crippen molar-refractivity contribution in [3.05, 3.63) is 48.0 Å². The molecule has 1 aliphatic rings. The monoisotopic (exact) mass is 257 g/mol. The Morgan fingerprint density at radius 3 is 2.83 bits per heavy atom. The van der Waals surface area contributed by atoms with Crippen LogP contribution in [0.1, 0.15) is 18.9 Å². The first-order chi connectivity index (χ1) is 8.83. The van der Waals surface area contributed by atoms with Crippen molar-refractivity contribution in [2.45, 2.75) is 31.2 Å².